The summed E-state index contributed by atoms with van der Waals surface area (Å²) in [6, 6.07) is 0. The Hall–Kier alpha value is 0.0700. The van der Waals surface area contributed by atoms with Gasteiger partial charge in [0.15, 0.2) is 0 Å². The van der Waals surface area contributed by atoms with Crippen LogP contribution in [-0.4, -0.2) is 31.4 Å². The Bertz CT molecular complexity index is 255. The monoisotopic (exact) mass is 293 g/mol. The number of unbranched alkanes of at least 4 members (excludes halogenated alkanes) is 2. The van der Waals surface area contributed by atoms with Gasteiger partial charge in [0, 0.05) is 13.1 Å². The molecule has 0 saturated carbocycles. The van der Waals surface area contributed by atoms with E-state index in [-0.39, 0.29) is 0 Å². The molecular formula is C13H28NO4P. The molecule has 0 aromatic rings. The van der Waals surface area contributed by atoms with E-state index in [1.807, 2.05) is 0 Å². The predicted octanol–water partition coefficient (Wildman–Crippen LogP) is 4.15. The third kappa shape index (κ3) is 7.42. The standard InChI is InChI=1S/C13H28NO4P/c1-3-5-12-16-19(15,17-13-6-4-2)18-14-10-8-7-9-11-14/h3-13H2,1-2H3. The van der Waals surface area contributed by atoms with Crippen molar-refractivity contribution in [3.63, 3.8) is 0 Å². The molecule has 1 aliphatic heterocycles. The van der Waals surface area contributed by atoms with Crippen molar-refractivity contribution in [3.05, 3.63) is 0 Å². The number of phosphoric acid groups is 1. The zero-order valence-corrected chi connectivity index (χ0v) is 13.2. The van der Waals surface area contributed by atoms with E-state index in [0.29, 0.717) is 13.2 Å². The average molecular weight is 293 g/mol. The van der Waals surface area contributed by atoms with E-state index in [1.165, 1.54) is 6.42 Å². The first-order valence-corrected chi connectivity index (χ1v) is 9.00. The second kappa shape index (κ2) is 9.89. The molecule has 1 rings (SSSR count). The third-order valence-corrected chi connectivity index (χ3v) is 4.45. The molecule has 0 unspecified atom stereocenters. The van der Waals surface area contributed by atoms with E-state index >= 15 is 0 Å². The smallest absolute Gasteiger partial charge is 0.286 e. The Morgan fingerprint density at radius 3 is 1.95 bits per heavy atom. The highest BCUT2D eigenvalue weighted by Gasteiger charge is 2.30. The van der Waals surface area contributed by atoms with E-state index < -0.39 is 7.82 Å². The minimum absolute atomic E-state index is 0.424. The highest BCUT2D eigenvalue weighted by atomic mass is 31.2. The molecule has 5 nitrogen and oxygen atoms in total. The minimum atomic E-state index is -3.42. The van der Waals surface area contributed by atoms with Gasteiger partial charge in [0.25, 0.3) is 0 Å². The van der Waals surface area contributed by atoms with Gasteiger partial charge in [-0.05, 0) is 25.7 Å². The number of phosphoric ester groups is 1. The van der Waals surface area contributed by atoms with E-state index in [1.54, 1.807) is 5.06 Å². The maximum Gasteiger partial charge on any atom is 0.491 e. The minimum Gasteiger partial charge on any atom is -0.286 e. The lowest BCUT2D eigenvalue weighted by molar-refractivity contribution is -0.103. The molecule has 0 aliphatic carbocycles. The molecule has 0 amide bonds. The molecule has 1 fully saturated rings. The second-order valence-corrected chi connectivity index (χ2v) is 6.47. The number of nitrogens with zero attached hydrogens (tertiary/aromatic N) is 1. The zero-order valence-electron chi connectivity index (χ0n) is 12.3. The fourth-order valence-corrected chi connectivity index (χ4v) is 3.13. The Morgan fingerprint density at radius 2 is 1.47 bits per heavy atom. The van der Waals surface area contributed by atoms with Crippen molar-refractivity contribution < 1.29 is 18.2 Å². The van der Waals surface area contributed by atoms with Gasteiger partial charge in [-0.1, -0.05) is 33.1 Å². The zero-order chi connectivity index (χ0) is 14.0. The van der Waals surface area contributed by atoms with E-state index in [4.69, 9.17) is 13.7 Å². The largest absolute Gasteiger partial charge is 0.491 e. The molecule has 1 aliphatic rings. The van der Waals surface area contributed by atoms with Crippen LogP contribution in [0.3, 0.4) is 0 Å². The van der Waals surface area contributed by atoms with Gasteiger partial charge in [-0.2, -0.15) is 9.69 Å². The van der Waals surface area contributed by atoms with Gasteiger partial charge < -0.3 is 0 Å². The lowest BCUT2D eigenvalue weighted by Crippen LogP contribution is -2.29. The number of piperidine rings is 1. The van der Waals surface area contributed by atoms with Gasteiger partial charge in [-0.3, -0.25) is 9.05 Å². The van der Waals surface area contributed by atoms with Crippen LogP contribution in [0, 0.1) is 0 Å². The molecule has 0 radical (unpaired) electrons. The molecule has 0 bridgehead atoms. The summed E-state index contributed by atoms with van der Waals surface area (Å²) < 4.78 is 28.8. The van der Waals surface area contributed by atoms with Crippen LogP contribution in [0.5, 0.6) is 0 Å². The molecule has 19 heavy (non-hydrogen) atoms. The molecule has 0 aromatic carbocycles. The lowest BCUT2D eigenvalue weighted by Gasteiger charge is -2.28. The summed E-state index contributed by atoms with van der Waals surface area (Å²) in [7, 11) is -3.42. The summed E-state index contributed by atoms with van der Waals surface area (Å²) in [6.45, 7) is 6.59. The van der Waals surface area contributed by atoms with Crippen molar-refractivity contribution >= 4 is 7.82 Å². The number of rotatable bonds is 10. The van der Waals surface area contributed by atoms with Crippen molar-refractivity contribution in [2.45, 2.75) is 58.8 Å². The molecule has 0 N–H and O–H groups in total. The van der Waals surface area contributed by atoms with E-state index in [0.717, 1.165) is 51.6 Å². The molecule has 0 atom stereocenters. The lowest BCUT2D eigenvalue weighted by atomic mass is 10.2. The van der Waals surface area contributed by atoms with Crippen molar-refractivity contribution in [2.24, 2.45) is 0 Å². The summed E-state index contributed by atoms with van der Waals surface area (Å²) in [6.07, 6.45) is 7.08. The van der Waals surface area contributed by atoms with Gasteiger partial charge in [0.1, 0.15) is 0 Å². The molecule has 1 heterocycles. The van der Waals surface area contributed by atoms with Crippen molar-refractivity contribution in [1.82, 2.24) is 5.06 Å². The average Bonchev–Trinajstić information content (AvgIpc) is 2.40. The molecule has 1 saturated heterocycles. The van der Waals surface area contributed by atoms with Gasteiger partial charge in [-0.25, -0.2) is 4.57 Å². The van der Waals surface area contributed by atoms with Crippen molar-refractivity contribution in [3.8, 4) is 0 Å². The summed E-state index contributed by atoms with van der Waals surface area (Å²) >= 11 is 0. The van der Waals surface area contributed by atoms with Crippen LogP contribution in [0.25, 0.3) is 0 Å². The van der Waals surface area contributed by atoms with Gasteiger partial charge in [-0.15, -0.1) is 0 Å². The van der Waals surface area contributed by atoms with Gasteiger partial charge in [0.05, 0.1) is 13.2 Å². The van der Waals surface area contributed by atoms with Crippen LogP contribution in [0.1, 0.15) is 58.8 Å². The van der Waals surface area contributed by atoms with Crippen LogP contribution in [0.2, 0.25) is 0 Å². The third-order valence-electron chi connectivity index (χ3n) is 3.03. The predicted molar refractivity (Wildman–Crippen MR) is 75.8 cm³/mol. The quantitative estimate of drug-likeness (QED) is 0.447. The van der Waals surface area contributed by atoms with E-state index in [2.05, 4.69) is 13.8 Å². The van der Waals surface area contributed by atoms with Gasteiger partial charge in [0.2, 0.25) is 0 Å². The highest BCUT2D eigenvalue weighted by molar-refractivity contribution is 7.48. The van der Waals surface area contributed by atoms with Crippen molar-refractivity contribution in [2.75, 3.05) is 26.3 Å². The number of hydroxylamine groups is 2. The highest BCUT2D eigenvalue weighted by Crippen LogP contribution is 2.50. The Kier molecular flexibility index (Phi) is 8.92. The topological polar surface area (TPSA) is 48.0 Å². The van der Waals surface area contributed by atoms with Crippen molar-refractivity contribution in [1.29, 1.82) is 0 Å². The first-order valence-electron chi connectivity index (χ1n) is 7.54. The second-order valence-electron chi connectivity index (χ2n) is 4.89. The first kappa shape index (κ1) is 17.1. The molecule has 114 valence electrons. The fraction of sp³-hybridized carbons (Fsp3) is 1.00. The van der Waals surface area contributed by atoms with Crippen LogP contribution < -0.4 is 0 Å². The van der Waals surface area contributed by atoms with Crippen LogP contribution in [0.15, 0.2) is 0 Å². The summed E-state index contributed by atoms with van der Waals surface area (Å²) in [5.74, 6) is 0. The number of hydrogen-bond acceptors (Lipinski definition) is 5. The summed E-state index contributed by atoms with van der Waals surface area (Å²) in [4.78, 5) is 0. The molecule has 6 heteroatoms. The van der Waals surface area contributed by atoms with Crippen LogP contribution in [0.4, 0.5) is 0 Å². The maximum atomic E-state index is 12.5. The first-order chi connectivity index (χ1) is 9.20. The van der Waals surface area contributed by atoms with Crippen LogP contribution >= 0.6 is 7.82 Å². The normalized spacial score (nSPS) is 17.8. The number of hydrogen-bond donors (Lipinski definition) is 0. The van der Waals surface area contributed by atoms with Crippen LogP contribution in [-0.2, 0) is 18.2 Å². The molecule has 0 aromatic heterocycles. The molecule has 0 spiro atoms. The van der Waals surface area contributed by atoms with E-state index in [9.17, 15) is 4.57 Å². The molecular weight excluding hydrogens is 265 g/mol. The van der Waals surface area contributed by atoms with Gasteiger partial charge >= 0.3 is 7.82 Å². The summed E-state index contributed by atoms with van der Waals surface area (Å²) in [5.41, 5.74) is 0. The Morgan fingerprint density at radius 1 is 0.947 bits per heavy atom. The SMILES string of the molecule is CCCCOP(=O)(OCCCC)ON1CCCCC1. The Balaban J connectivity index is 2.43. The summed E-state index contributed by atoms with van der Waals surface area (Å²) in [5, 5.41) is 1.74. The Labute approximate surface area is 117 Å². The fourth-order valence-electron chi connectivity index (χ4n) is 1.81. The maximum absolute atomic E-state index is 12.5.